The molecule has 1 aromatic carbocycles. The SMILES string of the molecule is [B]c1c2c(c([B])c(OC)c1OC)C1([B])CC(OC(=O)[C@@H](N)C(C)C)C(CC(C)C)CN1CC2. The second kappa shape index (κ2) is 9.95. The fourth-order valence-corrected chi connectivity index (χ4v) is 5.39. The number of rotatable bonds is 7. The maximum Gasteiger partial charge on any atom is 0.323 e. The molecule has 0 aromatic heterocycles. The van der Waals surface area contributed by atoms with Gasteiger partial charge in [0.15, 0.2) is 11.5 Å². The zero-order valence-corrected chi connectivity index (χ0v) is 20.8. The molecule has 1 aromatic rings. The van der Waals surface area contributed by atoms with Crippen molar-refractivity contribution in [3.05, 3.63) is 11.1 Å². The van der Waals surface area contributed by atoms with Crippen LogP contribution >= 0.6 is 0 Å². The van der Waals surface area contributed by atoms with Crippen LogP contribution in [0.5, 0.6) is 11.5 Å². The van der Waals surface area contributed by atoms with Gasteiger partial charge < -0.3 is 24.8 Å². The summed E-state index contributed by atoms with van der Waals surface area (Å²) in [5.41, 5.74) is 7.65. The number of fused-ring (bicyclic) bond motifs is 3. The molecule has 3 rings (SSSR count). The Hall–Kier alpha value is -1.60. The number of hydrogen-bond acceptors (Lipinski definition) is 6. The van der Waals surface area contributed by atoms with Crippen molar-refractivity contribution in [2.45, 2.75) is 64.5 Å². The summed E-state index contributed by atoms with van der Waals surface area (Å²) >= 11 is 0. The highest BCUT2D eigenvalue weighted by atomic mass is 16.5. The molecule has 3 unspecified atom stereocenters. The first-order valence-corrected chi connectivity index (χ1v) is 11.8. The van der Waals surface area contributed by atoms with Crippen molar-refractivity contribution in [1.82, 2.24) is 4.90 Å². The van der Waals surface area contributed by atoms with E-state index in [-0.39, 0.29) is 17.9 Å². The van der Waals surface area contributed by atoms with Crippen molar-refractivity contribution in [3.63, 3.8) is 0 Å². The molecule has 9 heteroatoms. The van der Waals surface area contributed by atoms with Crippen molar-refractivity contribution in [3.8, 4) is 11.5 Å². The van der Waals surface area contributed by atoms with Crippen LogP contribution in [0.15, 0.2) is 0 Å². The number of hydrogen-bond donors (Lipinski definition) is 1. The summed E-state index contributed by atoms with van der Waals surface area (Å²) in [4.78, 5) is 15.1. The van der Waals surface area contributed by atoms with E-state index >= 15 is 0 Å². The van der Waals surface area contributed by atoms with Crippen molar-refractivity contribution >= 4 is 40.4 Å². The molecule has 2 N–H and O–H groups in total. The van der Waals surface area contributed by atoms with E-state index in [9.17, 15) is 4.79 Å². The van der Waals surface area contributed by atoms with E-state index in [0.717, 1.165) is 24.1 Å². The van der Waals surface area contributed by atoms with E-state index in [4.69, 9.17) is 43.5 Å². The maximum atomic E-state index is 12.8. The van der Waals surface area contributed by atoms with Gasteiger partial charge in [-0.15, -0.1) is 0 Å². The molecule has 33 heavy (non-hydrogen) atoms. The molecule has 1 saturated heterocycles. The van der Waals surface area contributed by atoms with Crippen LogP contribution in [0.25, 0.3) is 0 Å². The Morgan fingerprint density at radius 3 is 2.30 bits per heavy atom. The Balaban J connectivity index is 2.06. The molecular formula is C24H35B3N2O4. The van der Waals surface area contributed by atoms with E-state index in [1.54, 1.807) is 0 Å². The Morgan fingerprint density at radius 2 is 1.76 bits per heavy atom. The number of esters is 1. The normalized spacial score (nSPS) is 26.0. The molecular weight excluding hydrogens is 413 g/mol. The lowest BCUT2D eigenvalue weighted by Crippen LogP contribution is -2.63. The van der Waals surface area contributed by atoms with Crippen molar-refractivity contribution < 1.29 is 19.0 Å². The number of ether oxygens (including phenoxy) is 3. The molecule has 2 aliphatic rings. The van der Waals surface area contributed by atoms with Gasteiger partial charge in [-0.2, -0.15) is 0 Å². The smallest absolute Gasteiger partial charge is 0.323 e. The van der Waals surface area contributed by atoms with Gasteiger partial charge in [-0.3, -0.25) is 4.79 Å². The first-order valence-electron chi connectivity index (χ1n) is 11.8. The second-order valence-corrected chi connectivity index (χ2v) is 10.2. The van der Waals surface area contributed by atoms with Crippen LogP contribution in [0.4, 0.5) is 0 Å². The van der Waals surface area contributed by atoms with Crippen molar-refractivity contribution in [2.24, 2.45) is 23.5 Å². The topological polar surface area (TPSA) is 74.0 Å². The quantitative estimate of drug-likeness (QED) is 0.482. The summed E-state index contributed by atoms with van der Waals surface area (Å²) in [6, 6.07) is -0.680. The average Bonchev–Trinajstić information content (AvgIpc) is 2.74. The number of benzene rings is 1. The number of piperidine rings is 1. The molecule has 4 atom stereocenters. The summed E-state index contributed by atoms with van der Waals surface area (Å²) in [6.45, 7) is 9.57. The van der Waals surface area contributed by atoms with Gasteiger partial charge in [0, 0.05) is 24.4 Å². The van der Waals surface area contributed by atoms with Crippen molar-refractivity contribution in [2.75, 3.05) is 27.3 Å². The largest absolute Gasteiger partial charge is 0.494 e. The fourth-order valence-electron chi connectivity index (χ4n) is 5.39. The zero-order valence-electron chi connectivity index (χ0n) is 20.8. The lowest BCUT2D eigenvalue weighted by atomic mass is 9.56. The summed E-state index contributed by atoms with van der Waals surface area (Å²) in [6.07, 6.45) is 1.62. The van der Waals surface area contributed by atoms with E-state index in [2.05, 4.69) is 18.7 Å². The number of carbonyl (C=O) groups excluding carboxylic acids is 1. The van der Waals surface area contributed by atoms with Gasteiger partial charge >= 0.3 is 5.97 Å². The predicted molar refractivity (Wildman–Crippen MR) is 133 cm³/mol. The Bertz CT molecular complexity index is 895. The highest BCUT2D eigenvalue weighted by molar-refractivity contribution is 6.42. The fraction of sp³-hybridized carbons (Fsp3) is 0.708. The molecule has 2 heterocycles. The monoisotopic (exact) mass is 448 g/mol. The molecule has 0 amide bonds. The lowest BCUT2D eigenvalue weighted by molar-refractivity contribution is -0.161. The highest BCUT2D eigenvalue weighted by Gasteiger charge is 2.49. The van der Waals surface area contributed by atoms with E-state index in [1.807, 2.05) is 13.8 Å². The summed E-state index contributed by atoms with van der Waals surface area (Å²) in [5.74, 6) is 0.977. The molecule has 0 bridgehead atoms. The Kier molecular flexibility index (Phi) is 7.84. The van der Waals surface area contributed by atoms with Gasteiger partial charge in [0.25, 0.3) is 0 Å². The van der Waals surface area contributed by atoms with Crippen molar-refractivity contribution in [1.29, 1.82) is 0 Å². The van der Waals surface area contributed by atoms with Crippen LogP contribution in [0.2, 0.25) is 0 Å². The third kappa shape index (κ3) is 4.68. The number of carbonyl (C=O) groups is 1. The van der Waals surface area contributed by atoms with E-state index in [1.165, 1.54) is 14.2 Å². The average molecular weight is 448 g/mol. The minimum Gasteiger partial charge on any atom is -0.494 e. The van der Waals surface area contributed by atoms with Gasteiger partial charge in [0.05, 0.1) is 14.2 Å². The predicted octanol–water partition coefficient (Wildman–Crippen LogP) is 0.432. The number of methoxy groups -OCH3 is 2. The first kappa shape index (κ1) is 26.0. The molecule has 0 saturated carbocycles. The molecule has 1 fully saturated rings. The van der Waals surface area contributed by atoms with Gasteiger partial charge in [0.1, 0.15) is 35.7 Å². The Labute approximate surface area is 202 Å². The standard InChI is InChI=1S/C24H35B3N2O4/c1-12(2)9-14-11-29-8-7-15-17(19(26)22(32-6)21(31-5)18(15)25)24(29,27)10-16(14)33-23(30)20(28)13(3)4/h12-14,16,20H,7-11,28H2,1-6H3/t14?,16?,20-,24?/m0/s1. The second-order valence-electron chi connectivity index (χ2n) is 10.2. The van der Waals surface area contributed by atoms with E-state index < -0.39 is 17.4 Å². The van der Waals surface area contributed by atoms with E-state index in [0.29, 0.717) is 47.7 Å². The summed E-state index contributed by atoms with van der Waals surface area (Å²) in [5, 5.41) is 0. The minimum absolute atomic E-state index is 0.0180. The van der Waals surface area contributed by atoms with Crippen LogP contribution < -0.4 is 26.1 Å². The first-order chi connectivity index (χ1) is 15.5. The summed E-state index contributed by atoms with van der Waals surface area (Å²) in [7, 11) is 23.3. The number of nitrogens with zero attached hydrogens (tertiary/aromatic N) is 1. The van der Waals surface area contributed by atoms with Crippen LogP contribution in [-0.4, -0.2) is 73.9 Å². The molecule has 2 aliphatic heterocycles. The van der Waals surface area contributed by atoms with Crippen LogP contribution in [-0.2, 0) is 21.4 Å². The molecule has 174 valence electrons. The van der Waals surface area contributed by atoms with Gasteiger partial charge in [-0.25, -0.2) is 0 Å². The zero-order chi connectivity index (χ0) is 24.7. The highest BCUT2D eigenvalue weighted by Crippen LogP contribution is 2.44. The van der Waals surface area contributed by atoms with Crippen LogP contribution in [0, 0.1) is 17.8 Å². The molecule has 0 aliphatic carbocycles. The minimum atomic E-state index is -0.953. The van der Waals surface area contributed by atoms with Crippen LogP contribution in [0.1, 0.15) is 51.7 Å². The van der Waals surface area contributed by atoms with Crippen LogP contribution in [0.3, 0.4) is 0 Å². The number of nitrogens with two attached hydrogens (primary N) is 1. The maximum absolute atomic E-state index is 12.8. The third-order valence-electron chi connectivity index (χ3n) is 7.15. The third-order valence-corrected chi connectivity index (χ3v) is 7.15. The summed E-state index contributed by atoms with van der Waals surface area (Å²) < 4.78 is 17.1. The molecule has 6 radical (unpaired) electrons. The molecule has 6 nitrogen and oxygen atoms in total. The lowest BCUT2D eigenvalue weighted by Gasteiger charge is -2.55. The Morgan fingerprint density at radius 1 is 1.15 bits per heavy atom. The molecule has 0 spiro atoms. The van der Waals surface area contributed by atoms with Gasteiger partial charge in [0.2, 0.25) is 0 Å². The van der Waals surface area contributed by atoms with Gasteiger partial charge in [-0.05, 0) is 53.2 Å². The van der Waals surface area contributed by atoms with Gasteiger partial charge in [-0.1, -0.05) is 27.7 Å².